The Hall–Kier alpha value is 0.414. The summed E-state index contributed by atoms with van der Waals surface area (Å²) in [5, 5.41) is 17.7. The van der Waals surface area contributed by atoms with Gasteiger partial charge in [-0.1, -0.05) is 13.8 Å². The topological polar surface area (TPSA) is 40.5 Å². The van der Waals surface area contributed by atoms with Crippen molar-refractivity contribution < 1.29 is 26.7 Å². The van der Waals surface area contributed by atoms with E-state index < -0.39 is 11.2 Å². The minimum absolute atomic E-state index is 0. The molecule has 2 nitrogen and oxygen atoms in total. The minimum Gasteiger partial charge on any atom is -0.390 e. The van der Waals surface area contributed by atoms with Crippen LogP contribution < -0.4 is 0 Å². The third kappa shape index (κ3) is 32.7. The van der Waals surface area contributed by atoms with E-state index in [0.717, 1.165) is 12.8 Å². The summed E-state index contributed by atoms with van der Waals surface area (Å²) < 4.78 is 0. The van der Waals surface area contributed by atoms with Gasteiger partial charge in [-0.05, 0) is 40.5 Å². The van der Waals surface area contributed by atoms with Crippen molar-refractivity contribution in [3.8, 4) is 0 Å². The van der Waals surface area contributed by atoms with Crippen LogP contribution in [0.2, 0.25) is 0 Å². The second kappa shape index (κ2) is 7.78. The van der Waals surface area contributed by atoms with E-state index >= 15 is 0 Å². The first-order valence-electron chi connectivity index (χ1n) is 4.57. The zero-order valence-electron chi connectivity index (χ0n) is 9.62. The van der Waals surface area contributed by atoms with E-state index in [4.69, 9.17) is 10.2 Å². The predicted octanol–water partition coefficient (Wildman–Crippen LogP) is 2.33. The molecule has 0 aliphatic carbocycles. The van der Waals surface area contributed by atoms with Crippen LogP contribution in [0, 0.1) is 0 Å². The van der Waals surface area contributed by atoms with E-state index in [-0.39, 0.29) is 16.5 Å². The van der Waals surface area contributed by atoms with Gasteiger partial charge in [0.05, 0.1) is 11.2 Å². The van der Waals surface area contributed by atoms with Gasteiger partial charge < -0.3 is 10.2 Å². The quantitative estimate of drug-likeness (QED) is 0.721. The number of hydrogen-bond donors (Lipinski definition) is 2. The molecule has 13 heavy (non-hydrogen) atoms. The Balaban J connectivity index is -0.000000143. The molecule has 0 spiro atoms. The summed E-state index contributed by atoms with van der Waals surface area (Å²) in [6.07, 6.45) is 1.65. The molecule has 0 amide bonds. The fourth-order valence-corrected chi connectivity index (χ4v) is 0. The van der Waals surface area contributed by atoms with Gasteiger partial charge >= 0.3 is 0 Å². The second-order valence-electron chi connectivity index (χ2n) is 4.33. The second-order valence-corrected chi connectivity index (χ2v) is 4.33. The van der Waals surface area contributed by atoms with Crippen molar-refractivity contribution in [2.75, 3.05) is 0 Å². The van der Waals surface area contributed by atoms with Gasteiger partial charge in [0.15, 0.2) is 0 Å². The minimum atomic E-state index is -0.458. The Morgan fingerprint density at radius 3 is 0.846 bits per heavy atom. The average molecular weight is 235 g/mol. The molecule has 0 aliphatic heterocycles. The SMILES string of the molecule is CCC(C)(C)O.CCC(C)(C)O.[Ni]. The molecule has 0 unspecified atom stereocenters. The van der Waals surface area contributed by atoms with Crippen LogP contribution in [0.5, 0.6) is 0 Å². The van der Waals surface area contributed by atoms with Gasteiger partial charge in [0.1, 0.15) is 0 Å². The van der Waals surface area contributed by atoms with Crippen molar-refractivity contribution in [3.63, 3.8) is 0 Å². The maximum atomic E-state index is 8.83. The van der Waals surface area contributed by atoms with Crippen LogP contribution in [0.15, 0.2) is 0 Å². The van der Waals surface area contributed by atoms with E-state index in [9.17, 15) is 0 Å². The van der Waals surface area contributed by atoms with Crippen LogP contribution in [0.4, 0.5) is 0 Å². The Kier molecular flexibility index (Phi) is 11.4. The van der Waals surface area contributed by atoms with Gasteiger partial charge in [-0.3, -0.25) is 0 Å². The standard InChI is InChI=1S/2C5H12O.Ni/c2*1-4-5(2,3)6;/h2*6H,4H2,1-3H3;. The molecule has 0 bridgehead atoms. The van der Waals surface area contributed by atoms with Crippen LogP contribution in [0.3, 0.4) is 0 Å². The van der Waals surface area contributed by atoms with Crippen LogP contribution in [-0.4, -0.2) is 21.4 Å². The monoisotopic (exact) mass is 234 g/mol. The Labute approximate surface area is 92.7 Å². The van der Waals surface area contributed by atoms with Crippen LogP contribution >= 0.6 is 0 Å². The van der Waals surface area contributed by atoms with Crippen molar-refractivity contribution in [1.29, 1.82) is 0 Å². The molecule has 0 radical (unpaired) electrons. The third-order valence-electron chi connectivity index (χ3n) is 1.73. The van der Waals surface area contributed by atoms with Crippen molar-refractivity contribution in [2.45, 2.75) is 65.6 Å². The zero-order valence-corrected chi connectivity index (χ0v) is 10.6. The van der Waals surface area contributed by atoms with Crippen molar-refractivity contribution >= 4 is 0 Å². The van der Waals surface area contributed by atoms with Crippen molar-refractivity contribution in [2.24, 2.45) is 0 Å². The van der Waals surface area contributed by atoms with Gasteiger partial charge in [-0.2, -0.15) is 0 Å². The molecule has 0 heterocycles. The van der Waals surface area contributed by atoms with Gasteiger partial charge in [0.25, 0.3) is 0 Å². The maximum absolute atomic E-state index is 8.83. The normalized spacial score (nSPS) is 11.1. The Morgan fingerprint density at radius 2 is 0.846 bits per heavy atom. The van der Waals surface area contributed by atoms with Crippen LogP contribution in [0.25, 0.3) is 0 Å². The van der Waals surface area contributed by atoms with E-state index in [1.54, 1.807) is 27.7 Å². The molecule has 0 aromatic heterocycles. The van der Waals surface area contributed by atoms with Crippen molar-refractivity contribution in [1.82, 2.24) is 0 Å². The van der Waals surface area contributed by atoms with Crippen LogP contribution in [-0.2, 0) is 16.5 Å². The molecule has 0 aromatic carbocycles. The largest absolute Gasteiger partial charge is 0.390 e. The molecular formula is C10H24NiO2. The van der Waals surface area contributed by atoms with Crippen molar-refractivity contribution in [3.05, 3.63) is 0 Å². The Morgan fingerprint density at radius 1 is 0.769 bits per heavy atom. The molecule has 0 rings (SSSR count). The summed E-state index contributed by atoms with van der Waals surface area (Å²) in [4.78, 5) is 0. The van der Waals surface area contributed by atoms with Gasteiger partial charge in [-0.15, -0.1) is 0 Å². The molecule has 0 aromatic rings. The molecule has 86 valence electrons. The first kappa shape index (κ1) is 19.1. The summed E-state index contributed by atoms with van der Waals surface area (Å²) in [6.45, 7) is 11.1. The van der Waals surface area contributed by atoms with Crippen LogP contribution in [0.1, 0.15) is 54.4 Å². The molecule has 0 saturated carbocycles. The fraction of sp³-hybridized carbons (Fsp3) is 1.00. The van der Waals surface area contributed by atoms with E-state index in [2.05, 4.69) is 0 Å². The molecular weight excluding hydrogens is 211 g/mol. The molecule has 0 atom stereocenters. The zero-order chi connectivity index (χ0) is 10.4. The first-order chi connectivity index (χ1) is 5.12. The summed E-state index contributed by atoms with van der Waals surface area (Å²) in [5.41, 5.74) is -0.917. The number of rotatable bonds is 2. The number of hydrogen-bond acceptors (Lipinski definition) is 2. The van der Waals surface area contributed by atoms with E-state index in [1.165, 1.54) is 0 Å². The summed E-state index contributed by atoms with van der Waals surface area (Å²) >= 11 is 0. The van der Waals surface area contributed by atoms with E-state index in [0.29, 0.717) is 0 Å². The molecule has 0 aliphatic rings. The molecule has 0 fully saturated rings. The average Bonchev–Trinajstić information content (AvgIpc) is 1.86. The summed E-state index contributed by atoms with van der Waals surface area (Å²) in [7, 11) is 0. The predicted molar refractivity (Wildman–Crippen MR) is 53.2 cm³/mol. The van der Waals surface area contributed by atoms with Gasteiger partial charge in [0, 0.05) is 16.5 Å². The molecule has 3 heteroatoms. The molecule has 0 saturated heterocycles. The molecule has 2 N–H and O–H groups in total. The smallest absolute Gasteiger partial charge is 0.0589 e. The van der Waals surface area contributed by atoms with Gasteiger partial charge in [0.2, 0.25) is 0 Å². The first-order valence-corrected chi connectivity index (χ1v) is 4.57. The summed E-state index contributed by atoms with van der Waals surface area (Å²) in [5.74, 6) is 0. The maximum Gasteiger partial charge on any atom is 0.0589 e. The van der Waals surface area contributed by atoms with E-state index in [1.807, 2.05) is 13.8 Å². The number of aliphatic hydroxyl groups is 2. The Bertz CT molecular complexity index is 86.5. The van der Waals surface area contributed by atoms with Gasteiger partial charge in [-0.25, -0.2) is 0 Å². The summed E-state index contributed by atoms with van der Waals surface area (Å²) in [6, 6.07) is 0. The fourth-order valence-electron chi connectivity index (χ4n) is 0. The third-order valence-corrected chi connectivity index (χ3v) is 1.73.